The van der Waals surface area contributed by atoms with Crippen molar-refractivity contribution in [2.75, 3.05) is 18.9 Å². The maximum Gasteiger partial charge on any atom is 0.241 e. The molecule has 0 saturated heterocycles. The fourth-order valence-electron chi connectivity index (χ4n) is 1.58. The van der Waals surface area contributed by atoms with E-state index in [1.165, 1.54) is 6.92 Å². The van der Waals surface area contributed by atoms with E-state index >= 15 is 0 Å². The lowest BCUT2D eigenvalue weighted by molar-refractivity contribution is 0.105. The van der Waals surface area contributed by atoms with E-state index in [0.29, 0.717) is 0 Å². The van der Waals surface area contributed by atoms with Gasteiger partial charge in [-0.05, 0) is 25.5 Å². The van der Waals surface area contributed by atoms with Gasteiger partial charge in [0.25, 0.3) is 0 Å². The lowest BCUT2D eigenvalue weighted by Gasteiger charge is -2.29. The molecule has 20 heavy (non-hydrogen) atoms. The molecule has 0 heterocycles. The highest BCUT2D eigenvalue weighted by Gasteiger charge is 2.33. The number of rotatable bonds is 6. The van der Waals surface area contributed by atoms with Crippen LogP contribution in [-0.2, 0) is 10.0 Å². The van der Waals surface area contributed by atoms with Gasteiger partial charge in [0.2, 0.25) is 10.0 Å². The summed E-state index contributed by atoms with van der Waals surface area (Å²) in [7, 11) is -4.11. The van der Waals surface area contributed by atoms with Crippen LogP contribution in [0.15, 0.2) is 17.0 Å². The van der Waals surface area contributed by atoms with Crippen LogP contribution in [0, 0.1) is 12.7 Å². The highest BCUT2D eigenvalue weighted by Crippen LogP contribution is 2.22. The van der Waals surface area contributed by atoms with Gasteiger partial charge in [0.1, 0.15) is 5.82 Å². The molecule has 6 nitrogen and oxygen atoms in total. The first-order valence-corrected chi connectivity index (χ1v) is 7.51. The normalized spacial score (nSPS) is 12.7. The summed E-state index contributed by atoms with van der Waals surface area (Å²) >= 11 is 0. The fraction of sp³-hybridized carbons (Fsp3) is 0.500. The van der Waals surface area contributed by atoms with Crippen LogP contribution in [-0.4, -0.2) is 37.4 Å². The highest BCUT2D eigenvalue weighted by molar-refractivity contribution is 7.89. The van der Waals surface area contributed by atoms with Gasteiger partial charge >= 0.3 is 0 Å². The van der Waals surface area contributed by atoms with Crippen molar-refractivity contribution in [2.45, 2.75) is 30.7 Å². The quantitative estimate of drug-likeness (QED) is 0.558. The van der Waals surface area contributed by atoms with Gasteiger partial charge in [-0.2, -0.15) is 0 Å². The van der Waals surface area contributed by atoms with E-state index in [1.807, 2.05) is 0 Å². The summed E-state index contributed by atoms with van der Waals surface area (Å²) in [5.41, 5.74) is 4.33. The summed E-state index contributed by atoms with van der Waals surface area (Å²) in [5, 5.41) is 18.5. The third kappa shape index (κ3) is 3.26. The molecule has 0 aromatic heterocycles. The standard InChI is InChI=1S/C12H19FN2O4S/c1-3-12(6-16,7-17)15-20(18,19)9-4-10(13)8(2)11(14)5-9/h4-5,15-17H,3,6-7,14H2,1-2H3. The summed E-state index contributed by atoms with van der Waals surface area (Å²) in [6.07, 6.45) is 0.170. The molecule has 0 atom stereocenters. The van der Waals surface area contributed by atoms with E-state index in [2.05, 4.69) is 4.72 Å². The zero-order chi connectivity index (χ0) is 15.6. The Balaban J connectivity index is 3.24. The molecule has 0 aliphatic rings. The first-order chi connectivity index (χ1) is 9.21. The van der Waals surface area contributed by atoms with E-state index in [0.717, 1.165) is 12.1 Å². The van der Waals surface area contributed by atoms with Gasteiger partial charge < -0.3 is 15.9 Å². The maximum atomic E-state index is 13.6. The van der Waals surface area contributed by atoms with Crippen LogP contribution in [0.5, 0.6) is 0 Å². The molecule has 0 spiro atoms. The maximum absolute atomic E-state index is 13.6. The van der Waals surface area contributed by atoms with Crippen molar-refractivity contribution in [2.24, 2.45) is 0 Å². The van der Waals surface area contributed by atoms with E-state index < -0.39 is 34.6 Å². The zero-order valence-electron chi connectivity index (χ0n) is 11.4. The molecular formula is C12H19FN2O4S. The van der Waals surface area contributed by atoms with Crippen LogP contribution in [0.25, 0.3) is 0 Å². The number of halogens is 1. The predicted molar refractivity (Wildman–Crippen MR) is 73.1 cm³/mol. The van der Waals surface area contributed by atoms with Crippen molar-refractivity contribution < 1.29 is 23.0 Å². The number of aliphatic hydroxyl groups excluding tert-OH is 2. The molecule has 0 saturated carbocycles. The molecule has 114 valence electrons. The number of aliphatic hydroxyl groups is 2. The van der Waals surface area contributed by atoms with Gasteiger partial charge in [0.05, 0.1) is 23.6 Å². The first kappa shape index (κ1) is 16.8. The lowest BCUT2D eigenvalue weighted by atomic mass is 10.0. The van der Waals surface area contributed by atoms with Crippen LogP contribution in [0.1, 0.15) is 18.9 Å². The molecular weight excluding hydrogens is 287 g/mol. The number of nitrogens with one attached hydrogen (secondary N) is 1. The molecule has 1 aromatic rings. The Morgan fingerprint density at radius 3 is 2.30 bits per heavy atom. The van der Waals surface area contributed by atoms with Crippen LogP contribution in [0.2, 0.25) is 0 Å². The molecule has 0 unspecified atom stereocenters. The fourth-order valence-corrected chi connectivity index (χ4v) is 3.09. The van der Waals surface area contributed by atoms with Crippen molar-refractivity contribution in [3.05, 3.63) is 23.5 Å². The predicted octanol–water partition coefficient (Wildman–Crippen LogP) is 0.128. The van der Waals surface area contributed by atoms with Crippen molar-refractivity contribution in [1.29, 1.82) is 0 Å². The first-order valence-electron chi connectivity index (χ1n) is 6.02. The number of nitrogens with two attached hydrogens (primary N) is 1. The molecule has 0 aliphatic carbocycles. The summed E-state index contributed by atoms with van der Waals surface area (Å²) < 4.78 is 40.1. The molecule has 0 amide bonds. The third-order valence-electron chi connectivity index (χ3n) is 3.30. The molecule has 8 heteroatoms. The Labute approximate surface area is 117 Å². The smallest absolute Gasteiger partial charge is 0.241 e. The van der Waals surface area contributed by atoms with Crippen molar-refractivity contribution in [3.8, 4) is 0 Å². The van der Waals surface area contributed by atoms with Crippen LogP contribution < -0.4 is 10.5 Å². The zero-order valence-corrected chi connectivity index (χ0v) is 12.2. The van der Waals surface area contributed by atoms with Crippen LogP contribution in [0.4, 0.5) is 10.1 Å². The number of hydrogen-bond donors (Lipinski definition) is 4. The van der Waals surface area contributed by atoms with Gasteiger partial charge in [-0.1, -0.05) is 6.92 Å². The van der Waals surface area contributed by atoms with E-state index in [9.17, 15) is 23.0 Å². The van der Waals surface area contributed by atoms with Gasteiger partial charge in [0, 0.05) is 11.3 Å². The minimum Gasteiger partial charge on any atom is -0.398 e. The molecule has 1 aromatic carbocycles. The monoisotopic (exact) mass is 306 g/mol. The summed E-state index contributed by atoms with van der Waals surface area (Å²) in [6, 6.07) is 1.99. The number of hydrogen-bond acceptors (Lipinski definition) is 5. The lowest BCUT2D eigenvalue weighted by Crippen LogP contribution is -2.53. The molecule has 0 radical (unpaired) electrons. The Morgan fingerprint density at radius 1 is 1.35 bits per heavy atom. The second-order valence-corrected chi connectivity index (χ2v) is 6.36. The minimum absolute atomic E-state index is 0.0143. The van der Waals surface area contributed by atoms with Gasteiger partial charge in [-0.3, -0.25) is 0 Å². The van der Waals surface area contributed by atoms with Gasteiger partial charge in [-0.15, -0.1) is 0 Å². The topological polar surface area (TPSA) is 113 Å². The second kappa shape index (κ2) is 6.04. The van der Waals surface area contributed by atoms with E-state index in [1.54, 1.807) is 6.92 Å². The minimum atomic E-state index is -4.11. The Hall–Kier alpha value is -1.22. The van der Waals surface area contributed by atoms with Crippen molar-refractivity contribution in [3.63, 3.8) is 0 Å². The molecule has 0 fully saturated rings. The van der Waals surface area contributed by atoms with Crippen molar-refractivity contribution in [1.82, 2.24) is 4.72 Å². The Morgan fingerprint density at radius 2 is 1.90 bits per heavy atom. The summed E-state index contributed by atoms with van der Waals surface area (Å²) in [5.74, 6) is -0.736. The molecule has 0 aliphatic heterocycles. The number of nitrogen functional groups attached to an aromatic ring is 1. The second-order valence-electron chi connectivity index (χ2n) is 4.67. The molecule has 5 N–H and O–H groups in total. The van der Waals surface area contributed by atoms with Crippen LogP contribution >= 0.6 is 0 Å². The van der Waals surface area contributed by atoms with Crippen molar-refractivity contribution >= 4 is 15.7 Å². The average Bonchev–Trinajstić information content (AvgIpc) is 2.41. The van der Waals surface area contributed by atoms with Gasteiger partial charge in [0.15, 0.2) is 0 Å². The largest absolute Gasteiger partial charge is 0.398 e. The summed E-state index contributed by atoms with van der Waals surface area (Å²) in [4.78, 5) is -0.349. The van der Waals surface area contributed by atoms with E-state index in [-0.39, 0.29) is 22.6 Å². The summed E-state index contributed by atoms with van der Waals surface area (Å²) in [6.45, 7) is 1.89. The molecule has 1 rings (SSSR count). The average molecular weight is 306 g/mol. The SMILES string of the molecule is CCC(CO)(CO)NS(=O)(=O)c1cc(N)c(C)c(F)c1. The Kier molecular flexibility index (Phi) is 5.09. The number of sulfonamides is 1. The number of benzene rings is 1. The van der Waals surface area contributed by atoms with Gasteiger partial charge in [-0.25, -0.2) is 17.5 Å². The van der Waals surface area contributed by atoms with Crippen LogP contribution in [0.3, 0.4) is 0 Å². The molecule has 0 bridgehead atoms. The van der Waals surface area contributed by atoms with E-state index in [4.69, 9.17) is 5.73 Å². The third-order valence-corrected chi connectivity index (χ3v) is 4.86. The Bertz CT molecular complexity index is 554. The highest BCUT2D eigenvalue weighted by atomic mass is 32.2. The number of anilines is 1.